The van der Waals surface area contributed by atoms with Crippen molar-refractivity contribution in [3.8, 4) is 0 Å². The number of sulfonamides is 1. The third-order valence-corrected chi connectivity index (χ3v) is 8.00. The van der Waals surface area contributed by atoms with E-state index in [1.807, 2.05) is 49.9 Å². The van der Waals surface area contributed by atoms with Crippen LogP contribution in [0.25, 0.3) is 0 Å². The molecule has 10 heteroatoms. The van der Waals surface area contributed by atoms with Gasteiger partial charge in [0.2, 0.25) is 10.0 Å². The number of guanidine groups is 1. The van der Waals surface area contributed by atoms with E-state index in [4.69, 9.17) is 4.99 Å². The Balaban J connectivity index is 0.00000289. The summed E-state index contributed by atoms with van der Waals surface area (Å²) in [6.45, 7) is 7.54. The molecule has 0 amide bonds. The van der Waals surface area contributed by atoms with Crippen molar-refractivity contribution in [2.24, 2.45) is 10.9 Å². The first kappa shape index (κ1) is 24.8. The lowest BCUT2D eigenvalue weighted by atomic mass is 9.93. The second-order valence-electron chi connectivity index (χ2n) is 8.29. The third kappa shape index (κ3) is 5.38. The first-order valence-electron chi connectivity index (χ1n) is 11.1. The number of hydrogen-bond acceptors (Lipinski definition) is 4. The van der Waals surface area contributed by atoms with Gasteiger partial charge in [-0.3, -0.25) is 9.30 Å². The van der Waals surface area contributed by atoms with Crippen molar-refractivity contribution >= 4 is 45.6 Å². The molecule has 2 aromatic rings. The lowest BCUT2D eigenvalue weighted by Gasteiger charge is -2.39. The summed E-state index contributed by atoms with van der Waals surface area (Å²) in [5, 5.41) is 3.35. The second-order valence-corrected chi connectivity index (χ2v) is 10.3. The van der Waals surface area contributed by atoms with Gasteiger partial charge < -0.3 is 14.8 Å². The molecular formula is C22H33IN6O2S. The highest BCUT2D eigenvalue weighted by Crippen LogP contribution is 2.30. The Hall–Kier alpha value is -1.82. The summed E-state index contributed by atoms with van der Waals surface area (Å²) in [6.07, 6.45) is 7.51. The predicted octanol–water partition coefficient (Wildman–Crippen LogP) is 2.74. The zero-order valence-corrected chi connectivity index (χ0v) is 21.9. The maximum atomic E-state index is 13.0. The number of imidazole rings is 1. The minimum atomic E-state index is -3.40. The average molecular weight is 573 g/mol. The van der Waals surface area contributed by atoms with Crippen molar-refractivity contribution in [2.45, 2.75) is 32.7 Å². The van der Waals surface area contributed by atoms with E-state index in [1.165, 1.54) is 0 Å². The summed E-state index contributed by atoms with van der Waals surface area (Å²) in [5.41, 5.74) is 1.91. The van der Waals surface area contributed by atoms with Crippen LogP contribution in [-0.2, 0) is 16.4 Å². The summed E-state index contributed by atoms with van der Waals surface area (Å²) in [6, 6.07) is 8.06. The normalized spacial score (nSPS) is 21.2. The molecule has 1 N–H and O–H groups in total. The maximum Gasteiger partial charge on any atom is 0.237 e. The molecule has 2 atom stereocenters. The van der Waals surface area contributed by atoms with Gasteiger partial charge in [0.1, 0.15) is 0 Å². The highest BCUT2D eigenvalue weighted by Gasteiger charge is 2.30. The number of benzene rings is 1. The zero-order chi connectivity index (χ0) is 21.8. The topological polar surface area (TPSA) is 82.8 Å². The number of nitrogens with zero attached hydrogens (tertiary/aromatic N) is 5. The average Bonchev–Trinajstić information content (AvgIpc) is 3.44. The summed E-state index contributed by atoms with van der Waals surface area (Å²) in [7, 11) is -3.40. The number of para-hydroxylation sites is 1. The van der Waals surface area contributed by atoms with Crippen molar-refractivity contribution in [2.75, 3.05) is 42.8 Å². The Kier molecular flexibility index (Phi) is 8.43. The number of fused-ring (bicyclic) bond motifs is 1. The van der Waals surface area contributed by atoms with Gasteiger partial charge in [0.25, 0.3) is 0 Å². The van der Waals surface area contributed by atoms with Crippen LogP contribution in [-0.4, -0.2) is 67.3 Å². The number of hydrogen-bond donors (Lipinski definition) is 1. The monoisotopic (exact) mass is 572 g/mol. The maximum absolute atomic E-state index is 13.0. The molecule has 0 radical (unpaired) electrons. The van der Waals surface area contributed by atoms with E-state index < -0.39 is 10.0 Å². The number of rotatable bonds is 6. The van der Waals surface area contributed by atoms with Gasteiger partial charge in [-0.1, -0.05) is 25.1 Å². The van der Waals surface area contributed by atoms with Crippen LogP contribution in [0.5, 0.6) is 0 Å². The smallest absolute Gasteiger partial charge is 0.237 e. The lowest BCUT2D eigenvalue weighted by Crippen LogP contribution is -2.49. The minimum Gasteiger partial charge on any atom is -0.357 e. The van der Waals surface area contributed by atoms with Crippen LogP contribution in [0.15, 0.2) is 48.0 Å². The molecule has 32 heavy (non-hydrogen) atoms. The lowest BCUT2D eigenvalue weighted by molar-refractivity contribution is 0.189. The molecule has 0 spiro atoms. The highest BCUT2D eigenvalue weighted by atomic mass is 127. The minimum absolute atomic E-state index is 0. The van der Waals surface area contributed by atoms with Crippen LogP contribution in [0.3, 0.4) is 0 Å². The molecule has 1 aromatic heterocycles. The number of halogens is 1. The summed E-state index contributed by atoms with van der Waals surface area (Å²) in [4.78, 5) is 11.1. The Morgan fingerprint density at radius 3 is 2.84 bits per heavy atom. The van der Waals surface area contributed by atoms with Crippen LogP contribution in [0.2, 0.25) is 0 Å². The molecule has 4 rings (SSSR count). The molecule has 8 nitrogen and oxygen atoms in total. The molecule has 2 unspecified atom stereocenters. The fourth-order valence-corrected chi connectivity index (χ4v) is 5.88. The van der Waals surface area contributed by atoms with Crippen LogP contribution in [0.1, 0.15) is 31.9 Å². The summed E-state index contributed by atoms with van der Waals surface area (Å²) < 4.78 is 29.7. The highest BCUT2D eigenvalue weighted by molar-refractivity contribution is 14.0. The molecule has 1 fully saturated rings. The van der Waals surface area contributed by atoms with Gasteiger partial charge in [-0.25, -0.2) is 13.4 Å². The van der Waals surface area contributed by atoms with Crippen LogP contribution < -0.4 is 9.62 Å². The molecule has 1 aromatic carbocycles. The van der Waals surface area contributed by atoms with E-state index in [2.05, 4.69) is 26.7 Å². The van der Waals surface area contributed by atoms with E-state index in [1.54, 1.807) is 4.31 Å². The first-order valence-corrected chi connectivity index (χ1v) is 12.7. The fraction of sp³-hybridized carbons (Fsp3) is 0.545. The summed E-state index contributed by atoms with van der Waals surface area (Å²) >= 11 is 0. The quantitative estimate of drug-likeness (QED) is 0.327. The Bertz CT molecular complexity index is 1010. The molecule has 1 saturated heterocycles. The van der Waals surface area contributed by atoms with Crippen molar-refractivity contribution in [1.29, 1.82) is 0 Å². The second kappa shape index (κ2) is 10.9. The molecule has 0 bridgehead atoms. The predicted molar refractivity (Wildman–Crippen MR) is 139 cm³/mol. The Morgan fingerprint density at radius 2 is 2.09 bits per heavy atom. The molecule has 0 saturated carbocycles. The van der Waals surface area contributed by atoms with Crippen LogP contribution in [0, 0.1) is 5.92 Å². The van der Waals surface area contributed by atoms with E-state index in [-0.39, 0.29) is 36.3 Å². The van der Waals surface area contributed by atoms with Gasteiger partial charge in [0.05, 0.1) is 30.4 Å². The standard InChI is InChI=1S/C22H32N6O2S.HI/c1-3-24-22(26-12-8-18(2)21(16-26)27-14-10-23-17-27)25-11-15-31(29,30)28-13-9-19-6-4-5-7-20(19)28;/h4-7,10,14,17-18,21H,3,8-9,11-13,15-16H2,1-2H3,(H,24,25);1H. The van der Waals surface area contributed by atoms with Gasteiger partial charge in [-0.2, -0.15) is 0 Å². The molecular weight excluding hydrogens is 539 g/mol. The zero-order valence-electron chi connectivity index (χ0n) is 18.7. The van der Waals surface area contributed by atoms with Crippen molar-refractivity contribution in [3.05, 3.63) is 48.5 Å². The van der Waals surface area contributed by atoms with E-state index in [0.717, 1.165) is 49.7 Å². The summed E-state index contributed by atoms with van der Waals surface area (Å²) in [5.74, 6) is 1.34. The first-order chi connectivity index (χ1) is 15.0. The largest absolute Gasteiger partial charge is 0.357 e. The van der Waals surface area contributed by atoms with E-state index in [9.17, 15) is 8.42 Å². The van der Waals surface area contributed by atoms with E-state index >= 15 is 0 Å². The molecule has 2 aliphatic rings. The molecule has 0 aliphatic carbocycles. The number of aliphatic imine (C=N–C) groups is 1. The molecule has 3 heterocycles. The van der Waals surface area contributed by atoms with Gasteiger partial charge >= 0.3 is 0 Å². The number of likely N-dealkylation sites (tertiary alicyclic amines) is 1. The number of piperidine rings is 1. The number of anilines is 1. The van der Waals surface area contributed by atoms with E-state index in [0.29, 0.717) is 18.5 Å². The SMILES string of the molecule is CCNC(=NCCS(=O)(=O)N1CCc2ccccc21)N1CCC(C)C(n2ccnc2)C1.I. The van der Waals surface area contributed by atoms with Gasteiger partial charge in [-0.15, -0.1) is 24.0 Å². The van der Waals surface area contributed by atoms with Crippen molar-refractivity contribution < 1.29 is 8.42 Å². The van der Waals surface area contributed by atoms with Crippen molar-refractivity contribution in [3.63, 3.8) is 0 Å². The van der Waals surface area contributed by atoms with Crippen molar-refractivity contribution in [1.82, 2.24) is 19.8 Å². The van der Waals surface area contributed by atoms with Gasteiger partial charge in [0.15, 0.2) is 5.96 Å². The Morgan fingerprint density at radius 1 is 1.28 bits per heavy atom. The third-order valence-electron chi connectivity index (χ3n) is 6.25. The fourth-order valence-electron chi connectivity index (χ4n) is 4.49. The molecule has 2 aliphatic heterocycles. The van der Waals surface area contributed by atoms with Crippen LogP contribution >= 0.6 is 24.0 Å². The van der Waals surface area contributed by atoms with Crippen LogP contribution in [0.4, 0.5) is 5.69 Å². The number of nitrogens with one attached hydrogen (secondary N) is 1. The number of aromatic nitrogens is 2. The van der Waals surface area contributed by atoms with Gasteiger partial charge in [0, 0.05) is 38.6 Å². The Labute approximate surface area is 208 Å². The molecule has 176 valence electrons. The van der Waals surface area contributed by atoms with Gasteiger partial charge in [-0.05, 0) is 37.3 Å².